The number of hydrogen-bond acceptors (Lipinski definition) is 17. The predicted molar refractivity (Wildman–Crippen MR) is 156 cm³/mol. The van der Waals surface area contributed by atoms with E-state index in [2.05, 4.69) is 0 Å². The Bertz CT molecular complexity index is 1190. The molecule has 3 saturated heterocycles. The van der Waals surface area contributed by atoms with E-state index in [0.29, 0.717) is 6.42 Å². The largest absolute Gasteiger partial charge is 0.481 e. The van der Waals surface area contributed by atoms with Gasteiger partial charge in [0.05, 0.1) is 36.9 Å². The van der Waals surface area contributed by atoms with Crippen molar-refractivity contribution in [2.45, 2.75) is 149 Å². The molecule has 0 aromatic rings. The first-order chi connectivity index (χ1) is 23.6. The third kappa shape index (κ3) is 8.39. The average molecular weight is 728 g/mol. The summed E-state index contributed by atoms with van der Waals surface area (Å²) in [6, 6.07) is 0. The SMILES string of the molecule is O=C(O)CC(=O)OC1C(CO)OC(OC2CC3C(O)CC(O)CC3[OH+]C2C2CCC(O)C(O)C2)C(OC2OC(C(=O)O)C(O)C(O)C2O)C1O. The van der Waals surface area contributed by atoms with Gasteiger partial charge in [0.25, 0.3) is 0 Å². The van der Waals surface area contributed by atoms with E-state index in [1.807, 2.05) is 0 Å². The Morgan fingerprint density at radius 1 is 0.720 bits per heavy atom. The van der Waals surface area contributed by atoms with Crippen LogP contribution in [0.25, 0.3) is 0 Å². The standard InChI is InChI=1S/C30H46O20/c31-8-17-25(48-19(38)7-18(36)37)23(42)27(50-29-22(41)20(39)21(40)26(49-29)28(43)44)30(47-17)46-16-6-11-13(34)4-10(32)5-15(11)45-24(16)9-1-2-12(33)14(35)3-9/h9-17,20-27,29-35,39-42H,1-8H2,(H,36,37)(H,43,44)/p+1. The van der Waals surface area contributed by atoms with E-state index in [4.69, 9.17) is 33.5 Å². The van der Waals surface area contributed by atoms with Crippen molar-refractivity contribution in [3.05, 3.63) is 0 Å². The molecule has 20 heteroatoms. The Labute approximate surface area is 284 Å². The zero-order chi connectivity index (χ0) is 36.6. The minimum absolute atomic E-state index is 0.0680. The van der Waals surface area contributed by atoms with Gasteiger partial charge in [-0.15, -0.1) is 0 Å². The lowest BCUT2D eigenvalue weighted by atomic mass is 9.72. The Morgan fingerprint density at radius 3 is 2.08 bits per heavy atom. The maximum Gasteiger partial charge on any atom is 0.335 e. The molecule has 0 radical (unpaired) electrons. The molecule has 20 nitrogen and oxygen atoms in total. The van der Waals surface area contributed by atoms with Crippen LogP contribution < -0.4 is 0 Å². The first-order valence-corrected chi connectivity index (χ1v) is 16.6. The zero-order valence-electron chi connectivity index (χ0n) is 26.8. The molecule has 5 rings (SSSR count). The van der Waals surface area contributed by atoms with Gasteiger partial charge in [0.15, 0.2) is 37.0 Å². The van der Waals surface area contributed by atoms with Gasteiger partial charge in [-0.2, -0.15) is 0 Å². The Hall–Kier alpha value is -2.15. The first-order valence-electron chi connectivity index (χ1n) is 16.6. The molecule has 0 aromatic carbocycles. The van der Waals surface area contributed by atoms with Gasteiger partial charge < -0.3 is 84.6 Å². The van der Waals surface area contributed by atoms with Crippen molar-refractivity contribution < 1.29 is 99.0 Å². The number of carbonyl (C=O) groups excluding carboxylic acids is 1. The summed E-state index contributed by atoms with van der Waals surface area (Å²) >= 11 is 0. The third-order valence-corrected chi connectivity index (χ3v) is 10.3. The van der Waals surface area contributed by atoms with E-state index in [0.717, 1.165) is 0 Å². The van der Waals surface area contributed by atoms with Crippen LogP contribution in [0.4, 0.5) is 0 Å². The van der Waals surface area contributed by atoms with Crippen molar-refractivity contribution in [3.63, 3.8) is 0 Å². The monoisotopic (exact) mass is 727 g/mol. The van der Waals surface area contributed by atoms with E-state index >= 15 is 0 Å². The lowest BCUT2D eigenvalue weighted by Gasteiger charge is -2.50. The van der Waals surface area contributed by atoms with Crippen LogP contribution in [0.1, 0.15) is 44.9 Å². The lowest BCUT2D eigenvalue weighted by molar-refractivity contribution is -0.385. The second-order valence-electron chi connectivity index (χ2n) is 13.8. The molecule has 3 aliphatic heterocycles. The number of aliphatic hydroxyl groups excluding tert-OH is 9. The second-order valence-corrected chi connectivity index (χ2v) is 13.8. The number of aliphatic carboxylic acids is 2. The molecule has 0 amide bonds. The summed E-state index contributed by atoms with van der Waals surface area (Å²) in [7, 11) is 0. The maximum atomic E-state index is 12.3. The molecule has 19 atom stereocenters. The number of hydrogen-bond donors (Lipinski definition) is 11. The third-order valence-electron chi connectivity index (χ3n) is 10.3. The van der Waals surface area contributed by atoms with Crippen LogP contribution in [0.3, 0.4) is 0 Å². The fourth-order valence-corrected chi connectivity index (χ4v) is 7.75. The van der Waals surface area contributed by atoms with Gasteiger partial charge in [0, 0.05) is 18.8 Å². The van der Waals surface area contributed by atoms with Crippen molar-refractivity contribution in [2.75, 3.05) is 6.61 Å². The van der Waals surface area contributed by atoms with Crippen LogP contribution in [-0.2, 0) is 38.1 Å². The average Bonchev–Trinajstić information content (AvgIpc) is 3.04. The van der Waals surface area contributed by atoms with E-state index in [1.165, 1.54) is 0 Å². The van der Waals surface area contributed by atoms with E-state index in [1.54, 1.807) is 0 Å². The molecule has 5 aliphatic rings. The summed E-state index contributed by atoms with van der Waals surface area (Å²) < 4.78 is 33.3. The van der Waals surface area contributed by atoms with Gasteiger partial charge in [-0.25, -0.2) is 4.79 Å². The topological polar surface area (TPSA) is 333 Å². The normalized spacial score (nSPS) is 48.3. The van der Waals surface area contributed by atoms with Gasteiger partial charge in [-0.3, -0.25) is 9.59 Å². The molecule has 0 spiro atoms. The number of carbonyl (C=O) groups is 3. The Kier molecular flexibility index (Phi) is 12.7. The highest BCUT2D eigenvalue weighted by Gasteiger charge is 2.57. The number of rotatable bonds is 10. The smallest absolute Gasteiger partial charge is 0.335 e. The van der Waals surface area contributed by atoms with E-state index < -0.39 is 141 Å². The van der Waals surface area contributed by atoms with E-state index in [-0.39, 0.29) is 38.0 Å². The summed E-state index contributed by atoms with van der Waals surface area (Å²) in [4.78, 5) is 35.2. The zero-order valence-corrected chi connectivity index (χ0v) is 26.8. The van der Waals surface area contributed by atoms with Crippen LogP contribution in [-0.4, -0.2) is 190 Å². The molecule has 0 aromatic heterocycles. The highest BCUT2D eigenvalue weighted by molar-refractivity contribution is 5.90. The van der Waals surface area contributed by atoms with Gasteiger partial charge in [0.2, 0.25) is 0 Å². The summed E-state index contributed by atoms with van der Waals surface area (Å²) in [6.07, 6.45) is -25.5. The van der Waals surface area contributed by atoms with Crippen molar-refractivity contribution in [1.29, 1.82) is 0 Å². The molecule has 50 heavy (non-hydrogen) atoms. The quantitative estimate of drug-likeness (QED) is 0.0568. The van der Waals surface area contributed by atoms with Gasteiger partial charge in [-0.1, -0.05) is 0 Å². The molecular weight excluding hydrogens is 680 g/mol. The summed E-state index contributed by atoms with van der Waals surface area (Å²) in [5.41, 5.74) is 0. The molecule has 286 valence electrons. The highest BCUT2D eigenvalue weighted by Crippen LogP contribution is 2.43. The Morgan fingerprint density at radius 2 is 1.44 bits per heavy atom. The molecule has 19 unspecified atom stereocenters. The fraction of sp³-hybridized carbons (Fsp3) is 0.900. The van der Waals surface area contributed by atoms with Crippen molar-refractivity contribution in [2.24, 2.45) is 11.8 Å². The van der Waals surface area contributed by atoms with Crippen LogP contribution in [0.15, 0.2) is 0 Å². The van der Waals surface area contributed by atoms with E-state index in [9.17, 15) is 65.4 Å². The fourth-order valence-electron chi connectivity index (χ4n) is 7.75. The molecule has 0 bridgehead atoms. The Balaban J connectivity index is 1.46. The number of carboxylic acid groups (broad SMARTS) is 2. The number of esters is 1. The van der Waals surface area contributed by atoms with Gasteiger partial charge in [0.1, 0.15) is 49.1 Å². The van der Waals surface area contributed by atoms with Crippen LogP contribution >= 0.6 is 0 Å². The van der Waals surface area contributed by atoms with Crippen LogP contribution in [0.2, 0.25) is 0 Å². The summed E-state index contributed by atoms with van der Waals surface area (Å²) in [5.74, 6) is -5.52. The number of carboxylic acids is 2. The minimum Gasteiger partial charge on any atom is -0.481 e. The van der Waals surface area contributed by atoms with Crippen molar-refractivity contribution in [3.8, 4) is 0 Å². The predicted octanol–water partition coefficient (Wildman–Crippen LogP) is -5.56. The van der Waals surface area contributed by atoms with Crippen molar-refractivity contribution >= 4 is 17.9 Å². The highest BCUT2D eigenvalue weighted by atomic mass is 16.8. The minimum atomic E-state index is -2.11. The second kappa shape index (κ2) is 16.3. The number of aliphatic hydroxyl groups is 11. The molecule has 2 saturated carbocycles. The van der Waals surface area contributed by atoms with Gasteiger partial charge in [-0.05, 0) is 25.7 Å². The molecule has 5 fully saturated rings. The first kappa shape index (κ1) is 39.1. The number of fused-ring (bicyclic) bond motifs is 1. The summed E-state index contributed by atoms with van der Waals surface area (Å²) in [5, 5.41) is 113. The van der Waals surface area contributed by atoms with Crippen molar-refractivity contribution in [1.82, 2.24) is 0 Å². The molecule has 3 heterocycles. The van der Waals surface area contributed by atoms with Crippen LogP contribution in [0, 0.1) is 11.8 Å². The molecular formula is C30H47O20+. The molecule has 12 N–H and O–H groups in total. The lowest BCUT2D eigenvalue weighted by Crippen LogP contribution is -2.66. The maximum absolute atomic E-state index is 12.3. The molecule has 2 aliphatic carbocycles. The van der Waals surface area contributed by atoms with Crippen LogP contribution in [0.5, 0.6) is 0 Å². The summed E-state index contributed by atoms with van der Waals surface area (Å²) in [6.45, 7) is -0.907. The van der Waals surface area contributed by atoms with Gasteiger partial charge >= 0.3 is 17.9 Å². The number of ether oxygens (including phenoxy) is 6.